The van der Waals surface area contributed by atoms with Gasteiger partial charge in [-0.3, -0.25) is 9.88 Å². The second kappa shape index (κ2) is 7.90. The molecule has 1 N–H and O–H groups in total. The molecule has 2 saturated heterocycles. The Morgan fingerprint density at radius 2 is 1.90 bits per heavy atom. The van der Waals surface area contributed by atoms with Crippen LogP contribution >= 0.6 is 0 Å². The number of hydrogen-bond donors (Lipinski definition) is 1. The Bertz CT molecular complexity index is 1050. The molecule has 1 aliphatic carbocycles. The topological polar surface area (TPSA) is 84.2 Å². The normalized spacial score (nSPS) is 19.9. The zero-order valence-corrected chi connectivity index (χ0v) is 17.4. The molecular weight excluding hydrogens is 392 g/mol. The van der Waals surface area contributed by atoms with Gasteiger partial charge in [0.1, 0.15) is 6.33 Å². The summed E-state index contributed by atoms with van der Waals surface area (Å²) in [4.78, 5) is 17.8. The van der Waals surface area contributed by atoms with E-state index in [9.17, 15) is 0 Å². The second-order valence-corrected chi connectivity index (χ2v) is 8.50. The molecule has 0 spiro atoms. The third-order valence-electron chi connectivity index (χ3n) is 6.31. The summed E-state index contributed by atoms with van der Waals surface area (Å²) in [6, 6.07) is 7.45. The fourth-order valence-electron chi connectivity index (χ4n) is 4.35. The minimum atomic E-state index is 0. The van der Waals surface area contributed by atoms with Crippen LogP contribution in [0.25, 0.3) is 5.82 Å². The van der Waals surface area contributed by atoms with Gasteiger partial charge < -0.3 is 15.0 Å². The van der Waals surface area contributed by atoms with Gasteiger partial charge in [-0.2, -0.15) is 9.67 Å². The molecule has 0 bridgehead atoms. The molecule has 4 heterocycles. The summed E-state index contributed by atoms with van der Waals surface area (Å²) < 4.78 is 7.13. The van der Waals surface area contributed by atoms with Crippen molar-refractivity contribution in [3.05, 3.63) is 48.7 Å². The van der Waals surface area contributed by atoms with Gasteiger partial charge in [-0.25, -0.2) is 4.98 Å². The number of hydrogen-bond acceptors (Lipinski definition) is 8. The first kappa shape index (κ1) is 18.7. The average molecular weight is 421 g/mol. The maximum absolute atomic E-state index is 5.50. The van der Waals surface area contributed by atoms with Crippen molar-refractivity contribution >= 4 is 17.3 Å². The number of benzene rings is 1. The standard InChI is InChI=1S/C22H26N8O.H2/c1-2-16(1)17-9-18(26-22-25-15-30(27-22)21-12-23-3-4-24-21)11-19(10-17)29-13-20(14-29)28-5-7-31-8-6-28;/h3-4,9-12,15-16,20H,1-2,5-8,13-14H2,(H,26,27);1H. The number of nitrogens with one attached hydrogen (secondary N) is 1. The Balaban J connectivity index is 0.00000216. The predicted molar refractivity (Wildman–Crippen MR) is 119 cm³/mol. The molecule has 2 aliphatic heterocycles. The smallest absolute Gasteiger partial charge is 0.247 e. The van der Waals surface area contributed by atoms with Crippen molar-refractivity contribution in [1.29, 1.82) is 0 Å². The van der Waals surface area contributed by atoms with E-state index >= 15 is 0 Å². The molecule has 2 aromatic heterocycles. The van der Waals surface area contributed by atoms with Crippen LogP contribution in [0.15, 0.2) is 43.1 Å². The lowest BCUT2D eigenvalue weighted by molar-refractivity contribution is 0.0105. The van der Waals surface area contributed by atoms with Gasteiger partial charge in [0.2, 0.25) is 5.95 Å². The van der Waals surface area contributed by atoms with E-state index in [-0.39, 0.29) is 1.43 Å². The minimum Gasteiger partial charge on any atom is -0.379 e. The Kier molecular flexibility index (Phi) is 4.77. The van der Waals surface area contributed by atoms with Gasteiger partial charge in [0.05, 0.1) is 19.4 Å². The van der Waals surface area contributed by atoms with Crippen molar-refractivity contribution in [2.24, 2.45) is 0 Å². The molecule has 1 aromatic carbocycles. The highest BCUT2D eigenvalue weighted by Crippen LogP contribution is 2.43. The largest absolute Gasteiger partial charge is 0.379 e. The number of anilines is 3. The first-order valence-corrected chi connectivity index (χ1v) is 11.0. The molecule has 31 heavy (non-hydrogen) atoms. The van der Waals surface area contributed by atoms with Gasteiger partial charge in [0.15, 0.2) is 5.82 Å². The fourth-order valence-corrected chi connectivity index (χ4v) is 4.35. The number of rotatable bonds is 6. The molecule has 9 heteroatoms. The molecule has 6 rings (SSSR count). The van der Waals surface area contributed by atoms with Crippen LogP contribution in [0.4, 0.5) is 17.3 Å². The highest BCUT2D eigenvalue weighted by molar-refractivity contribution is 5.65. The van der Waals surface area contributed by atoms with Crippen LogP contribution in [0.5, 0.6) is 0 Å². The quantitative estimate of drug-likeness (QED) is 0.651. The average Bonchev–Trinajstić information content (AvgIpc) is 3.53. The SMILES string of the molecule is [HH].c1cnc(-n2cnc(Nc3cc(C4CC4)cc(N4CC(N5CCOCC5)C4)c3)n2)cn1. The zero-order chi connectivity index (χ0) is 20.6. The maximum Gasteiger partial charge on any atom is 0.247 e. The summed E-state index contributed by atoms with van der Waals surface area (Å²) in [6.45, 7) is 5.97. The monoisotopic (exact) mass is 420 g/mol. The Morgan fingerprint density at radius 1 is 1.03 bits per heavy atom. The van der Waals surface area contributed by atoms with Crippen LogP contribution in [0.3, 0.4) is 0 Å². The van der Waals surface area contributed by atoms with Crippen molar-refractivity contribution in [3.8, 4) is 5.82 Å². The molecule has 1 saturated carbocycles. The van der Waals surface area contributed by atoms with Crippen LogP contribution in [-0.2, 0) is 4.74 Å². The van der Waals surface area contributed by atoms with Gasteiger partial charge in [-0.15, -0.1) is 5.10 Å². The van der Waals surface area contributed by atoms with Gasteiger partial charge in [0.25, 0.3) is 0 Å². The van der Waals surface area contributed by atoms with E-state index < -0.39 is 0 Å². The first-order valence-electron chi connectivity index (χ1n) is 11.0. The number of aromatic nitrogens is 5. The highest BCUT2D eigenvalue weighted by Gasteiger charge is 2.33. The van der Waals surface area contributed by atoms with Crippen LogP contribution in [-0.4, -0.2) is 75.1 Å². The number of ether oxygens (including phenoxy) is 1. The molecule has 9 nitrogen and oxygen atoms in total. The molecule has 0 unspecified atom stereocenters. The molecule has 3 fully saturated rings. The van der Waals surface area contributed by atoms with Crippen molar-refractivity contribution in [2.75, 3.05) is 49.6 Å². The molecule has 0 amide bonds. The Hall–Kier alpha value is -3.04. The van der Waals surface area contributed by atoms with E-state index in [1.54, 1.807) is 29.6 Å². The third kappa shape index (κ3) is 3.98. The molecule has 3 aromatic rings. The van der Waals surface area contributed by atoms with E-state index in [1.807, 2.05) is 0 Å². The van der Waals surface area contributed by atoms with Crippen LogP contribution in [0.2, 0.25) is 0 Å². The van der Waals surface area contributed by atoms with Crippen molar-refractivity contribution in [2.45, 2.75) is 24.8 Å². The fraction of sp³-hybridized carbons (Fsp3) is 0.455. The van der Waals surface area contributed by atoms with Crippen LogP contribution < -0.4 is 10.2 Å². The van der Waals surface area contributed by atoms with E-state index in [1.165, 1.54) is 24.1 Å². The van der Waals surface area contributed by atoms with E-state index in [0.29, 0.717) is 23.7 Å². The van der Waals surface area contributed by atoms with Gasteiger partial charge in [0, 0.05) is 57.4 Å². The van der Waals surface area contributed by atoms with Gasteiger partial charge in [-0.05, 0) is 42.5 Å². The van der Waals surface area contributed by atoms with Gasteiger partial charge >= 0.3 is 0 Å². The van der Waals surface area contributed by atoms with Crippen LogP contribution in [0.1, 0.15) is 25.7 Å². The Labute approximate surface area is 182 Å². The van der Waals surface area contributed by atoms with Crippen LogP contribution in [0, 0.1) is 0 Å². The summed E-state index contributed by atoms with van der Waals surface area (Å²) in [5.74, 6) is 1.88. The summed E-state index contributed by atoms with van der Waals surface area (Å²) in [7, 11) is 0. The summed E-state index contributed by atoms with van der Waals surface area (Å²) in [5.41, 5.74) is 3.72. The van der Waals surface area contributed by atoms with E-state index in [0.717, 1.165) is 45.1 Å². The predicted octanol–water partition coefficient (Wildman–Crippen LogP) is 2.45. The molecule has 0 atom stereocenters. The van der Waals surface area contributed by atoms with E-state index in [2.05, 4.69) is 53.4 Å². The molecule has 3 aliphatic rings. The summed E-state index contributed by atoms with van der Waals surface area (Å²) in [6.07, 6.45) is 9.16. The number of nitrogens with zero attached hydrogens (tertiary/aromatic N) is 7. The molecule has 162 valence electrons. The molecular formula is C22H28N8O. The lowest BCUT2D eigenvalue weighted by Gasteiger charge is -2.48. The first-order chi connectivity index (χ1) is 15.3. The number of morpholine rings is 1. The summed E-state index contributed by atoms with van der Waals surface area (Å²) in [5, 5.41) is 7.90. The lowest BCUT2D eigenvalue weighted by atomic mass is 10.0. The summed E-state index contributed by atoms with van der Waals surface area (Å²) >= 11 is 0. The third-order valence-corrected chi connectivity index (χ3v) is 6.31. The lowest BCUT2D eigenvalue weighted by Crippen LogP contribution is -2.61. The minimum absolute atomic E-state index is 0. The molecule has 0 radical (unpaired) electrons. The van der Waals surface area contributed by atoms with E-state index in [4.69, 9.17) is 4.74 Å². The van der Waals surface area contributed by atoms with Gasteiger partial charge in [-0.1, -0.05) is 0 Å². The Morgan fingerprint density at radius 3 is 2.68 bits per heavy atom. The maximum atomic E-state index is 5.50. The zero-order valence-electron chi connectivity index (χ0n) is 17.4. The second-order valence-electron chi connectivity index (χ2n) is 8.50. The van der Waals surface area contributed by atoms with Crippen molar-refractivity contribution in [1.82, 2.24) is 29.6 Å². The van der Waals surface area contributed by atoms with Crippen molar-refractivity contribution < 1.29 is 6.16 Å². The van der Waals surface area contributed by atoms with Crippen molar-refractivity contribution in [3.63, 3.8) is 0 Å². The highest BCUT2D eigenvalue weighted by atomic mass is 16.5.